The highest BCUT2D eigenvalue weighted by molar-refractivity contribution is 9.10. The molecule has 0 amide bonds. The van der Waals surface area contributed by atoms with Gasteiger partial charge in [-0.05, 0) is 35.7 Å². The minimum absolute atomic E-state index is 0.179. The van der Waals surface area contributed by atoms with Gasteiger partial charge in [0.05, 0.1) is 24.7 Å². The van der Waals surface area contributed by atoms with Gasteiger partial charge in [-0.15, -0.1) is 0 Å². The molecule has 5 heteroatoms. The first-order valence-electron chi connectivity index (χ1n) is 4.84. The van der Waals surface area contributed by atoms with Gasteiger partial charge in [0, 0.05) is 0 Å². The topological polar surface area (TPSA) is 52.1 Å². The highest BCUT2D eigenvalue weighted by atomic mass is 79.9. The normalized spacial score (nSPS) is 17.2. The van der Waals surface area contributed by atoms with Crippen molar-refractivity contribution >= 4 is 21.9 Å². The Hall–Kier alpha value is -0.970. The number of rotatable bonds is 3. The molecule has 0 atom stereocenters. The van der Waals surface area contributed by atoms with Crippen LogP contribution in [0.25, 0.3) is 0 Å². The second-order valence-electron chi connectivity index (χ2n) is 3.53. The largest absolute Gasteiger partial charge is 0.465 e. The predicted octanol–water partition coefficient (Wildman–Crippen LogP) is 1.83. The number of ether oxygens (including phenoxy) is 1. The molecule has 0 saturated heterocycles. The Morgan fingerprint density at radius 1 is 1.53 bits per heavy atom. The van der Waals surface area contributed by atoms with Gasteiger partial charge in [0.25, 0.3) is 0 Å². The molecule has 80 valence electrons. The fraction of sp³-hybridized carbons (Fsp3) is 0.500. The first-order chi connectivity index (χ1) is 7.19. The van der Waals surface area contributed by atoms with Crippen molar-refractivity contribution in [2.75, 3.05) is 6.61 Å². The number of carbonyl (C=O) groups excluding carboxylic acids is 1. The predicted molar refractivity (Wildman–Crippen MR) is 57.3 cm³/mol. The standard InChI is InChI=1S/C10H11BrN2O2/c1-2-15-9(14)10(3-4-10)7-5-13-8(11)6-12-7/h5-6H,2-4H2,1H3. The van der Waals surface area contributed by atoms with Gasteiger partial charge in [-0.2, -0.15) is 0 Å². The smallest absolute Gasteiger partial charge is 0.318 e. The molecule has 1 saturated carbocycles. The van der Waals surface area contributed by atoms with E-state index in [1.54, 1.807) is 19.3 Å². The van der Waals surface area contributed by atoms with Crippen molar-refractivity contribution in [1.29, 1.82) is 0 Å². The molecule has 15 heavy (non-hydrogen) atoms. The molecule has 0 radical (unpaired) electrons. The number of hydrogen-bond acceptors (Lipinski definition) is 4. The zero-order chi connectivity index (χ0) is 10.9. The molecular weight excluding hydrogens is 260 g/mol. The Kier molecular flexibility index (Phi) is 2.73. The summed E-state index contributed by atoms with van der Waals surface area (Å²) in [6, 6.07) is 0. The first-order valence-corrected chi connectivity index (χ1v) is 5.63. The van der Waals surface area contributed by atoms with Crippen molar-refractivity contribution in [1.82, 2.24) is 9.97 Å². The number of halogens is 1. The molecule has 2 rings (SSSR count). The molecular formula is C10H11BrN2O2. The van der Waals surface area contributed by atoms with E-state index in [4.69, 9.17) is 4.74 Å². The van der Waals surface area contributed by atoms with Gasteiger partial charge in [-0.25, -0.2) is 4.98 Å². The van der Waals surface area contributed by atoms with Gasteiger partial charge in [0.1, 0.15) is 10.0 Å². The van der Waals surface area contributed by atoms with E-state index in [2.05, 4.69) is 25.9 Å². The van der Waals surface area contributed by atoms with E-state index in [0.717, 1.165) is 12.8 Å². The highest BCUT2D eigenvalue weighted by Gasteiger charge is 2.54. The molecule has 4 nitrogen and oxygen atoms in total. The third-order valence-electron chi connectivity index (χ3n) is 2.53. The van der Waals surface area contributed by atoms with Gasteiger partial charge in [0.2, 0.25) is 0 Å². The van der Waals surface area contributed by atoms with Crippen molar-refractivity contribution < 1.29 is 9.53 Å². The SMILES string of the molecule is CCOC(=O)C1(c2cnc(Br)cn2)CC1. The number of aromatic nitrogens is 2. The Morgan fingerprint density at radius 3 is 2.73 bits per heavy atom. The Balaban J connectivity index is 2.22. The lowest BCUT2D eigenvalue weighted by Crippen LogP contribution is -2.24. The highest BCUT2D eigenvalue weighted by Crippen LogP contribution is 2.48. The molecule has 0 N–H and O–H groups in total. The average molecular weight is 271 g/mol. The Morgan fingerprint density at radius 2 is 2.27 bits per heavy atom. The summed E-state index contributed by atoms with van der Waals surface area (Å²) in [4.78, 5) is 20.0. The van der Waals surface area contributed by atoms with E-state index in [0.29, 0.717) is 16.9 Å². The van der Waals surface area contributed by atoms with E-state index >= 15 is 0 Å². The van der Waals surface area contributed by atoms with Gasteiger partial charge >= 0.3 is 5.97 Å². The summed E-state index contributed by atoms with van der Waals surface area (Å²) in [5.74, 6) is -0.179. The van der Waals surface area contributed by atoms with Gasteiger partial charge in [-0.3, -0.25) is 9.78 Å². The summed E-state index contributed by atoms with van der Waals surface area (Å²) >= 11 is 3.21. The van der Waals surface area contributed by atoms with Crippen molar-refractivity contribution in [3.05, 3.63) is 22.7 Å². The number of nitrogens with zero attached hydrogens (tertiary/aromatic N) is 2. The molecule has 0 unspecified atom stereocenters. The molecule has 0 aromatic carbocycles. The Labute approximate surface area is 96.2 Å². The monoisotopic (exact) mass is 270 g/mol. The van der Waals surface area contributed by atoms with Crippen LogP contribution in [0.3, 0.4) is 0 Å². The summed E-state index contributed by atoms with van der Waals surface area (Å²) in [5, 5.41) is 0. The van der Waals surface area contributed by atoms with Crippen LogP contribution in [-0.2, 0) is 14.9 Å². The van der Waals surface area contributed by atoms with Crippen LogP contribution in [0, 0.1) is 0 Å². The molecule has 1 aromatic rings. The minimum Gasteiger partial charge on any atom is -0.465 e. The maximum Gasteiger partial charge on any atom is 0.318 e. The molecule has 1 aliphatic rings. The maximum atomic E-state index is 11.7. The summed E-state index contributed by atoms with van der Waals surface area (Å²) in [7, 11) is 0. The Bertz CT molecular complexity index is 374. The number of esters is 1. The summed E-state index contributed by atoms with van der Waals surface area (Å²) in [6.07, 6.45) is 4.85. The zero-order valence-corrected chi connectivity index (χ0v) is 9.95. The van der Waals surface area contributed by atoms with Crippen LogP contribution in [0.4, 0.5) is 0 Å². The van der Waals surface area contributed by atoms with Gasteiger partial charge in [-0.1, -0.05) is 0 Å². The molecule has 1 aliphatic carbocycles. The lowest BCUT2D eigenvalue weighted by molar-refractivity contribution is -0.146. The molecule has 0 spiro atoms. The number of carbonyl (C=O) groups is 1. The molecule has 0 aliphatic heterocycles. The summed E-state index contributed by atoms with van der Waals surface area (Å²) in [6.45, 7) is 2.21. The van der Waals surface area contributed by atoms with Crippen LogP contribution < -0.4 is 0 Å². The van der Waals surface area contributed by atoms with Gasteiger partial charge < -0.3 is 4.74 Å². The quantitative estimate of drug-likeness (QED) is 0.787. The number of hydrogen-bond donors (Lipinski definition) is 0. The van der Waals surface area contributed by atoms with Crippen LogP contribution in [0.15, 0.2) is 17.0 Å². The van der Waals surface area contributed by atoms with Crippen LogP contribution in [0.5, 0.6) is 0 Å². The average Bonchev–Trinajstić information content (AvgIpc) is 3.00. The van der Waals surface area contributed by atoms with Gasteiger partial charge in [0.15, 0.2) is 0 Å². The van der Waals surface area contributed by atoms with E-state index < -0.39 is 5.41 Å². The lowest BCUT2D eigenvalue weighted by atomic mass is 10.0. The molecule has 1 heterocycles. The third-order valence-corrected chi connectivity index (χ3v) is 2.94. The van der Waals surface area contributed by atoms with E-state index in [1.807, 2.05) is 0 Å². The van der Waals surface area contributed by atoms with Crippen LogP contribution in [-0.4, -0.2) is 22.5 Å². The van der Waals surface area contributed by atoms with Crippen molar-refractivity contribution in [3.63, 3.8) is 0 Å². The fourth-order valence-electron chi connectivity index (χ4n) is 1.52. The van der Waals surface area contributed by atoms with Crippen molar-refractivity contribution in [2.45, 2.75) is 25.2 Å². The van der Waals surface area contributed by atoms with Crippen LogP contribution in [0.1, 0.15) is 25.5 Å². The third kappa shape index (κ3) is 1.88. The second-order valence-corrected chi connectivity index (χ2v) is 4.34. The molecule has 1 fully saturated rings. The second kappa shape index (κ2) is 3.89. The maximum absolute atomic E-state index is 11.7. The van der Waals surface area contributed by atoms with E-state index in [1.165, 1.54) is 0 Å². The van der Waals surface area contributed by atoms with Crippen molar-refractivity contribution in [3.8, 4) is 0 Å². The fourth-order valence-corrected chi connectivity index (χ4v) is 1.72. The molecule has 1 aromatic heterocycles. The summed E-state index contributed by atoms with van der Waals surface area (Å²) < 4.78 is 5.71. The van der Waals surface area contributed by atoms with E-state index in [9.17, 15) is 4.79 Å². The van der Waals surface area contributed by atoms with Crippen LogP contribution >= 0.6 is 15.9 Å². The zero-order valence-electron chi connectivity index (χ0n) is 8.36. The minimum atomic E-state index is -0.510. The first kappa shape index (κ1) is 10.5. The molecule has 0 bridgehead atoms. The summed E-state index contributed by atoms with van der Waals surface area (Å²) in [5.41, 5.74) is 0.202. The van der Waals surface area contributed by atoms with E-state index in [-0.39, 0.29) is 5.97 Å². The van der Waals surface area contributed by atoms with Crippen LogP contribution in [0.2, 0.25) is 0 Å². The van der Waals surface area contributed by atoms with Crippen molar-refractivity contribution in [2.24, 2.45) is 0 Å². The lowest BCUT2D eigenvalue weighted by Gasteiger charge is -2.12.